The summed E-state index contributed by atoms with van der Waals surface area (Å²) in [4.78, 5) is 0. The lowest BCUT2D eigenvalue weighted by molar-refractivity contribution is 0.619. The van der Waals surface area contributed by atoms with Gasteiger partial charge in [-0.1, -0.05) is 30.4 Å². The maximum atomic E-state index is 13.4. The average Bonchev–Trinajstić information content (AvgIpc) is 2.79. The molecule has 0 radical (unpaired) electrons. The van der Waals surface area contributed by atoms with Crippen LogP contribution >= 0.6 is 11.3 Å². The van der Waals surface area contributed by atoms with E-state index in [9.17, 15) is 4.39 Å². The van der Waals surface area contributed by atoms with Crippen LogP contribution in [0.5, 0.6) is 0 Å². The number of anilines is 1. The Labute approximate surface area is 104 Å². The Bertz CT molecular complexity index is 510. The van der Waals surface area contributed by atoms with E-state index in [2.05, 4.69) is 22.4 Å². The van der Waals surface area contributed by atoms with Gasteiger partial charge in [-0.3, -0.25) is 0 Å². The Morgan fingerprint density at radius 1 is 1.35 bits per heavy atom. The van der Waals surface area contributed by atoms with Gasteiger partial charge in [-0.2, -0.15) is 0 Å². The molecule has 1 heterocycles. The number of rotatable bonds is 4. The lowest BCUT2D eigenvalue weighted by atomic mass is 10.1. The van der Waals surface area contributed by atoms with Crippen LogP contribution in [0.4, 0.5) is 9.52 Å². The molecule has 0 amide bonds. The van der Waals surface area contributed by atoms with Crippen LogP contribution in [0.1, 0.15) is 18.9 Å². The third kappa shape index (κ3) is 2.79. The number of benzene rings is 1. The SMILES string of the molecule is CCCNc1nnc(-c2ccc(C)c(F)c2)s1. The summed E-state index contributed by atoms with van der Waals surface area (Å²) in [5, 5.41) is 12.7. The summed E-state index contributed by atoms with van der Waals surface area (Å²) in [5.74, 6) is -0.208. The fourth-order valence-corrected chi connectivity index (χ4v) is 2.13. The van der Waals surface area contributed by atoms with E-state index in [4.69, 9.17) is 0 Å². The van der Waals surface area contributed by atoms with Gasteiger partial charge in [0, 0.05) is 12.1 Å². The van der Waals surface area contributed by atoms with Crippen molar-refractivity contribution in [1.82, 2.24) is 10.2 Å². The highest BCUT2D eigenvalue weighted by atomic mass is 32.1. The van der Waals surface area contributed by atoms with Crippen LogP contribution in [0.15, 0.2) is 18.2 Å². The molecule has 2 aromatic rings. The third-order valence-corrected chi connectivity index (χ3v) is 3.30. The fraction of sp³-hybridized carbons (Fsp3) is 0.333. The molecule has 1 aromatic heterocycles. The lowest BCUT2D eigenvalue weighted by Gasteiger charge is -1.98. The molecule has 0 aliphatic rings. The second kappa shape index (κ2) is 5.23. The first-order valence-corrected chi connectivity index (χ1v) is 6.36. The van der Waals surface area contributed by atoms with Crippen molar-refractivity contribution in [1.29, 1.82) is 0 Å². The molecule has 3 nitrogen and oxygen atoms in total. The highest BCUT2D eigenvalue weighted by Gasteiger charge is 2.07. The Hall–Kier alpha value is -1.49. The predicted octanol–water partition coefficient (Wildman–Crippen LogP) is 3.47. The Morgan fingerprint density at radius 3 is 2.88 bits per heavy atom. The molecule has 0 fully saturated rings. The van der Waals surface area contributed by atoms with E-state index in [0.29, 0.717) is 5.56 Å². The van der Waals surface area contributed by atoms with E-state index < -0.39 is 0 Å². The zero-order valence-electron chi connectivity index (χ0n) is 9.83. The molecule has 0 unspecified atom stereocenters. The van der Waals surface area contributed by atoms with Crippen molar-refractivity contribution in [2.45, 2.75) is 20.3 Å². The summed E-state index contributed by atoms with van der Waals surface area (Å²) in [5.41, 5.74) is 1.41. The van der Waals surface area contributed by atoms with Gasteiger partial charge in [0.2, 0.25) is 5.13 Å². The zero-order valence-corrected chi connectivity index (χ0v) is 10.6. The molecule has 0 saturated heterocycles. The number of hydrogen-bond acceptors (Lipinski definition) is 4. The molecule has 2 rings (SSSR count). The summed E-state index contributed by atoms with van der Waals surface area (Å²) in [6.45, 7) is 4.70. The van der Waals surface area contributed by atoms with Crippen LogP contribution in [0.25, 0.3) is 10.6 Å². The summed E-state index contributed by atoms with van der Waals surface area (Å²) >= 11 is 1.44. The first-order chi connectivity index (χ1) is 8.20. The van der Waals surface area contributed by atoms with Crippen LogP contribution < -0.4 is 5.32 Å². The summed E-state index contributed by atoms with van der Waals surface area (Å²) in [6.07, 6.45) is 1.04. The molecule has 0 saturated carbocycles. The number of nitrogens with zero attached hydrogens (tertiary/aromatic N) is 2. The first-order valence-electron chi connectivity index (χ1n) is 5.54. The Balaban J connectivity index is 2.21. The Kier molecular flexibility index (Phi) is 3.68. The topological polar surface area (TPSA) is 37.8 Å². The highest BCUT2D eigenvalue weighted by molar-refractivity contribution is 7.18. The van der Waals surface area contributed by atoms with Crippen molar-refractivity contribution in [3.05, 3.63) is 29.6 Å². The minimum Gasteiger partial charge on any atom is -0.360 e. The van der Waals surface area contributed by atoms with Crippen molar-refractivity contribution >= 4 is 16.5 Å². The van der Waals surface area contributed by atoms with Gasteiger partial charge in [0.05, 0.1) is 0 Å². The molecular weight excluding hydrogens is 237 g/mol. The van der Waals surface area contributed by atoms with Gasteiger partial charge in [0.1, 0.15) is 10.8 Å². The predicted molar refractivity (Wildman–Crippen MR) is 68.8 cm³/mol. The van der Waals surface area contributed by atoms with Gasteiger partial charge in [0.25, 0.3) is 0 Å². The maximum absolute atomic E-state index is 13.4. The molecule has 0 bridgehead atoms. The van der Waals surface area contributed by atoms with Gasteiger partial charge in [-0.05, 0) is 25.0 Å². The second-order valence-electron chi connectivity index (χ2n) is 3.80. The van der Waals surface area contributed by atoms with E-state index in [1.54, 1.807) is 13.0 Å². The van der Waals surface area contributed by atoms with Crippen molar-refractivity contribution < 1.29 is 4.39 Å². The molecule has 0 aliphatic heterocycles. The summed E-state index contributed by atoms with van der Waals surface area (Å²) < 4.78 is 13.4. The normalized spacial score (nSPS) is 10.5. The van der Waals surface area contributed by atoms with Gasteiger partial charge in [-0.25, -0.2) is 4.39 Å². The minimum absolute atomic E-state index is 0.208. The molecule has 0 aliphatic carbocycles. The second-order valence-corrected chi connectivity index (χ2v) is 4.78. The Morgan fingerprint density at radius 2 is 2.18 bits per heavy atom. The fourth-order valence-electron chi connectivity index (χ4n) is 1.37. The highest BCUT2D eigenvalue weighted by Crippen LogP contribution is 2.27. The number of aryl methyl sites for hydroxylation is 1. The molecule has 5 heteroatoms. The summed E-state index contributed by atoms with van der Waals surface area (Å²) in [6, 6.07) is 5.12. The number of nitrogens with one attached hydrogen (secondary N) is 1. The standard InChI is InChI=1S/C12H14FN3S/c1-3-6-14-12-16-15-11(17-12)9-5-4-8(2)10(13)7-9/h4-5,7H,3,6H2,1-2H3,(H,14,16). The molecule has 0 atom stereocenters. The minimum atomic E-state index is -0.208. The third-order valence-electron chi connectivity index (χ3n) is 2.37. The molecule has 1 aromatic carbocycles. The molecule has 0 spiro atoms. The van der Waals surface area contributed by atoms with Crippen molar-refractivity contribution in [3.8, 4) is 10.6 Å². The first kappa shape index (κ1) is 12.0. The smallest absolute Gasteiger partial charge is 0.206 e. The van der Waals surface area contributed by atoms with E-state index in [0.717, 1.165) is 28.7 Å². The zero-order chi connectivity index (χ0) is 12.3. The van der Waals surface area contributed by atoms with E-state index in [1.807, 2.05) is 6.07 Å². The van der Waals surface area contributed by atoms with Crippen LogP contribution in [0.2, 0.25) is 0 Å². The lowest BCUT2D eigenvalue weighted by Crippen LogP contribution is -1.98. The van der Waals surface area contributed by atoms with Crippen molar-refractivity contribution in [2.75, 3.05) is 11.9 Å². The number of halogens is 1. The summed E-state index contributed by atoms with van der Waals surface area (Å²) in [7, 11) is 0. The molecule has 90 valence electrons. The van der Waals surface area contributed by atoms with Crippen LogP contribution in [-0.2, 0) is 0 Å². The van der Waals surface area contributed by atoms with E-state index in [-0.39, 0.29) is 5.82 Å². The van der Waals surface area contributed by atoms with Crippen LogP contribution in [0.3, 0.4) is 0 Å². The van der Waals surface area contributed by atoms with Crippen molar-refractivity contribution in [3.63, 3.8) is 0 Å². The van der Waals surface area contributed by atoms with E-state index >= 15 is 0 Å². The van der Waals surface area contributed by atoms with Gasteiger partial charge in [-0.15, -0.1) is 10.2 Å². The largest absolute Gasteiger partial charge is 0.360 e. The average molecular weight is 251 g/mol. The molecule has 1 N–H and O–H groups in total. The van der Waals surface area contributed by atoms with Gasteiger partial charge < -0.3 is 5.32 Å². The van der Waals surface area contributed by atoms with Gasteiger partial charge in [0.15, 0.2) is 0 Å². The van der Waals surface area contributed by atoms with Crippen LogP contribution in [-0.4, -0.2) is 16.7 Å². The van der Waals surface area contributed by atoms with Gasteiger partial charge >= 0.3 is 0 Å². The molecular formula is C12H14FN3S. The number of hydrogen-bond donors (Lipinski definition) is 1. The molecule has 17 heavy (non-hydrogen) atoms. The van der Waals surface area contributed by atoms with E-state index in [1.165, 1.54) is 17.4 Å². The van der Waals surface area contributed by atoms with Crippen LogP contribution in [0, 0.1) is 12.7 Å². The monoisotopic (exact) mass is 251 g/mol. The maximum Gasteiger partial charge on any atom is 0.206 e. The quantitative estimate of drug-likeness (QED) is 0.904. The van der Waals surface area contributed by atoms with Crippen molar-refractivity contribution in [2.24, 2.45) is 0 Å². The number of aromatic nitrogens is 2.